The summed E-state index contributed by atoms with van der Waals surface area (Å²) in [4.78, 5) is 7.65. The van der Waals surface area contributed by atoms with Crippen LogP contribution in [0.15, 0.2) is 0 Å². The summed E-state index contributed by atoms with van der Waals surface area (Å²) in [6.45, 7) is 3.80. The summed E-state index contributed by atoms with van der Waals surface area (Å²) in [7, 11) is -3.95. The molecule has 0 aliphatic rings. The lowest BCUT2D eigenvalue weighted by atomic mass is 10.3. The topological polar surface area (TPSA) is 80.7 Å². The predicted molar refractivity (Wildman–Crippen MR) is 56.0 cm³/mol. The molecule has 7 heteroatoms. The molecule has 0 heterocycles. The van der Waals surface area contributed by atoms with Crippen molar-refractivity contribution in [3.05, 3.63) is 0 Å². The van der Waals surface area contributed by atoms with Gasteiger partial charge in [0.05, 0.1) is 12.4 Å². The average Bonchev–Trinajstić information content (AvgIpc) is 2.05. The summed E-state index contributed by atoms with van der Waals surface area (Å²) >= 11 is 0. The molecule has 0 radical (unpaired) electrons. The van der Waals surface area contributed by atoms with Gasteiger partial charge in [0.25, 0.3) is 0 Å². The van der Waals surface area contributed by atoms with E-state index in [4.69, 9.17) is 4.89 Å². The second-order valence-electron chi connectivity index (χ2n) is 2.69. The molecule has 0 bridgehead atoms. The molecule has 0 aromatic carbocycles. The molecule has 0 amide bonds. The van der Waals surface area contributed by atoms with Crippen LogP contribution in [0.3, 0.4) is 0 Å². The highest BCUT2D eigenvalue weighted by molar-refractivity contribution is 7.91. The summed E-state index contributed by atoms with van der Waals surface area (Å²) < 4.78 is 34.7. The van der Waals surface area contributed by atoms with Crippen LogP contribution in [-0.4, -0.2) is 31.9 Å². The van der Waals surface area contributed by atoms with Crippen LogP contribution in [-0.2, 0) is 18.9 Å². The molecule has 0 saturated carbocycles. The molecular formula is C7H18O5PS+. The highest BCUT2D eigenvalue weighted by Gasteiger charge is 2.14. The van der Waals surface area contributed by atoms with Crippen LogP contribution in [0.5, 0.6) is 0 Å². The van der Waals surface area contributed by atoms with Gasteiger partial charge in [-0.15, -0.1) is 9.42 Å². The molecule has 14 heavy (non-hydrogen) atoms. The van der Waals surface area contributed by atoms with Crippen LogP contribution in [0.2, 0.25) is 0 Å². The standard InChI is InChI=1S/C6H14O2S.CH3O3P/c1-4-6(5-2)9(3,7)8;1-4-5(2)3/h6H,4-5H2,1-3H3;1H3/p+1. The minimum Gasteiger partial charge on any atom is -0.229 e. The molecule has 0 aliphatic carbocycles. The Hall–Kier alpha value is -0.0300. The van der Waals surface area contributed by atoms with Crippen LogP contribution in [0, 0.1) is 0 Å². The van der Waals surface area contributed by atoms with Crippen molar-refractivity contribution in [3.8, 4) is 0 Å². The highest BCUT2D eigenvalue weighted by Crippen LogP contribution is 2.09. The Balaban J connectivity index is 0. The minimum atomic E-state index is -2.77. The molecule has 1 N–H and O–H groups in total. The maximum absolute atomic E-state index is 10.8. The Labute approximate surface area is 86.3 Å². The van der Waals surface area contributed by atoms with Gasteiger partial charge in [0.15, 0.2) is 0 Å². The van der Waals surface area contributed by atoms with E-state index in [9.17, 15) is 13.0 Å². The zero-order valence-corrected chi connectivity index (χ0v) is 10.6. The predicted octanol–water partition coefficient (Wildman–Crippen LogP) is 1.50. The van der Waals surface area contributed by atoms with E-state index in [1.807, 2.05) is 13.8 Å². The van der Waals surface area contributed by atoms with E-state index in [0.717, 1.165) is 12.8 Å². The summed E-state index contributed by atoms with van der Waals surface area (Å²) in [6.07, 6.45) is 2.76. The highest BCUT2D eigenvalue weighted by atomic mass is 32.2. The monoisotopic (exact) mass is 245 g/mol. The first-order chi connectivity index (χ1) is 6.29. The summed E-state index contributed by atoms with van der Waals surface area (Å²) in [6, 6.07) is 0. The van der Waals surface area contributed by atoms with Crippen molar-refractivity contribution in [3.63, 3.8) is 0 Å². The Bertz CT molecular complexity index is 245. The second-order valence-corrected chi connectivity index (χ2v) is 5.85. The Kier molecular flexibility index (Phi) is 9.72. The Morgan fingerprint density at radius 2 is 1.64 bits per heavy atom. The van der Waals surface area contributed by atoms with Gasteiger partial charge in [-0.2, -0.15) is 0 Å². The molecule has 0 aromatic rings. The van der Waals surface area contributed by atoms with Crippen LogP contribution in [0.4, 0.5) is 0 Å². The van der Waals surface area contributed by atoms with Gasteiger partial charge in [0.1, 0.15) is 9.84 Å². The lowest BCUT2D eigenvalue weighted by Gasteiger charge is -2.07. The summed E-state index contributed by atoms with van der Waals surface area (Å²) in [5.74, 6) is 0. The van der Waals surface area contributed by atoms with Crippen LogP contribution in [0.25, 0.3) is 0 Å². The fourth-order valence-electron chi connectivity index (χ4n) is 0.894. The Morgan fingerprint density at radius 3 is 1.64 bits per heavy atom. The molecule has 0 aliphatic heterocycles. The first-order valence-electron chi connectivity index (χ1n) is 4.18. The molecule has 0 rings (SSSR count). The van der Waals surface area contributed by atoms with Gasteiger partial charge in [0, 0.05) is 10.8 Å². The zero-order chi connectivity index (χ0) is 11.8. The molecule has 1 atom stereocenters. The molecule has 0 fully saturated rings. The van der Waals surface area contributed by atoms with E-state index in [1.165, 1.54) is 13.4 Å². The van der Waals surface area contributed by atoms with Crippen molar-refractivity contribution >= 4 is 18.1 Å². The third-order valence-electron chi connectivity index (χ3n) is 1.67. The molecule has 1 unspecified atom stereocenters. The molecule has 0 spiro atoms. The van der Waals surface area contributed by atoms with Crippen molar-refractivity contribution in [1.29, 1.82) is 0 Å². The zero-order valence-electron chi connectivity index (χ0n) is 8.93. The van der Waals surface area contributed by atoms with Crippen LogP contribution >= 0.6 is 8.25 Å². The van der Waals surface area contributed by atoms with E-state index in [1.54, 1.807) is 0 Å². The lowest BCUT2D eigenvalue weighted by molar-refractivity contribution is 0.343. The quantitative estimate of drug-likeness (QED) is 0.759. The van der Waals surface area contributed by atoms with Gasteiger partial charge in [0.2, 0.25) is 0 Å². The van der Waals surface area contributed by atoms with E-state index < -0.39 is 18.1 Å². The van der Waals surface area contributed by atoms with Gasteiger partial charge < -0.3 is 0 Å². The Morgan fingerprint density at radius 1 is 1.36 bits per heavy atom. The maximum Gasteiger partial charge on any atom is 0.694 e. The van der Waals surface area contributed by atoms with E-state index in [-0.39, 0.29) is 5.25 Å². The normalized spacial score (nSPS) is 12.0. The van der Waals surface area contributed by atoms with Crippen LogP contribution < -0.4 is 0 Å². The number of hydrogen-bond donors (Lipinski definition) is 1. The van der Waals surface area contributed by atoms with Crippen molar-refractivity contribution in [1.82, 2.24) is 0 Å². The van der Waals surface area contributed by atoms with Gasteiger partial charge >= 0.3 is 8.25 Å². The molecule has 0 saturated heterocycles. The molecular weight excluding hydrogens is 227 g/mol. The SMILES string of the molecule is CCC(CC)S(C)(=O)=O.CO[P+](=O)O. The molecule has 0 aromatic heterocycles. The van der Waals surface area contributed by atoms with E-state index in [0.29, 0.717) is 0 Å². The maximum atomic E-state index is 10.8. The fourth-order valence-corrected chi connectivity index (χ4v) is 2.11. The number of sulfone groups is 1. The lowest BCUT2D eigenvalue weighted by Crippen LogP contribution is -2.17. The number of rotatable bonds is 4. The van der Waals surface area contributed by atoms with Crippen molar-refractivity contribution in [2.45, 2.75) is 31.9 Å². The molecule has 5 nitrogen and oxygen atoms in total. The van der Waals surface area contributed by atoms with Crippen molar-refractivity contribution in [2.24, 2.45) is 0 Å². The second kappa shape index (κ2) is 8.29. The first-order valence-corrected chi connectivity index (χ1v) is 7.27. The summed E-state index contributed by atoms with van der Waals surface area (Å²) in [5.41, 5.74) is 0. The van der Waals surface area contributed by atoms with Gasteiger partial charge in [-0.25, -0.2) is 8.42 Å². The third-order valence-corrected chi connectivity index (χ3v) is 3.86. The van der Waals surface area contributed by atoms with Gasteiger partial charge in [-0.05, 0) is 12.8 Å². The van der Waals surface area contributed by atoms with E-state index >= 15 is 0 Å². The molecule has 86 valence electrons. The average molecular weight is 245 g/mol. The number of hydrogen-bond acceptors (Lipinski definition) is 4. The largest absolute Gasteiger partial charge is 0.694 e. The van der Waals surface area contributed by atoms with E-state index in [2.05, 4.69) is 4.52 Å². The van der Waals surface area contributed by atoms with Gasteiger partial charge in [-0.1, -0.05) is 13.8 Å². The fraction of sp³-hybridized carbons (Fsp3) is 1.00. The van der Waals surface area contributed by atoms with Gasteiger partial charge in [-0.3, -0.25) is 0 Å². The summed E-state index contributed by atoms with van der Waals surface area (Å²) in [5, 5.41) is -0.127. The third kappa shape index (κ3) is 10.1. The smallest absolute Gasteiger partial charge is 0.229 e. The van der Waals surface area contributed by atoms with Crippen molar-refractivity contribution in [2.75, 3.05) is 13.4 Å². The van der Waals surface area contributed by atoms with Crippen molar-refractivity contribution < 1.29 is 22.4 Å². The van der Waals surface area contributed by atoms with Crippen LogP contribution in [0.1, 0.15) is 26.7 Å². The first kappa shape index (κ1) is 16.4. The minimum absolute atomic E-state index is 0.127.